The van der Waals surface area contributed by atoms with Crippen molar-refractivity contribution < 1.29 is 18.9 Å². The van der Waals surface area contributed by atoms with Gasteiger partial charge in [0.2, 0.25) is 0 Å². The Morgan fingerprint density at radius 3 is 1.97 bits per heavy atom. The largest absolute Gasteiger partial charge is 0.495 e. The van der Waals surface area contributed by atoms with Gasteiger partial charge in [0, 0.05) is 12.7 Å². The van der Waals surface area contributed by atoms with Gasteiger partial charge in [-0.15, -0.1) is 0 Å². The summed E-state index contributed by atoms with van der Waals surface area (Å²) >= 11 is 0. The van der Waals surface area contributed by atoms with Crippen molar-refractivity contribution in [1.29, 1.82) is 0 Å². The molecule has 7 heteroatoms. The number of anilines is 1. The number of carbonyl (C=O) groups excluding carboxylic acids is 2. The molecule has 1 saturated heterocycles. The van der Waals surface area contributed by atoms with Crippen LogP contribution < -0.4 is 10.8 Å². The molecule has 1 aliphatic heterocycles. The highest BCUT2D eigenvalue weighted by molar-refractivity contribution is 6.62. The van der Waals surface area contributed by atoms with Gasteiger partial charge >= 0.3 is 7.12 Å². The van der Waals surface area contributed by atoms with Gasteiger partial charge in [0.1, 0.15) is 12.0 Å². The minimum absolute atomic E-state index is 0.214. The number of benzene rings is 2. The third-order valence-electron chi connectivity index (χ3n) is 6.78. The number of hydrogen-bond donors (Lipinski definition) is 1. The van der Waals surface area contributed by atoms with Crippen LogP contribution in [0.2, 0.25) is 0 Å². The van der Waals surface area contributed by atoms with E-state index in [-0.39, 0.29) is 24.0 Å². The molecule has 0 unspecified atom stereocenters. The molecule has 1 heterocycles. The van der Waals surface area contributed by atoms with E-state index >= 15 is 0 Å². The molecule has 1 N–H and O–H groups in total. The summed E-state index contributed by atoms with van der Waals surface area (Å²) in [6.45, 7) is 17.5. The fraction of sp³-hybridized carbons (Fsp3) is 0.345. The van der Waals surface area contributed by atoms with E-state index in [4.69, 9.17) is 9.31 Å². The van der Waals surface area contributed by atoms with E-state index in [1.54, 1.807) is 6.92 Å². The first-order valence-electron chi connectivity index (χ1n) is 11.9. The second-order valence-corrected chi connectivity index (χ2v) is 9.73. The predicted molar refractivity (Wildman–Crippen MR) is 150 cm³/mol. The minimum atomic E-state index is -0.335. The monoisotopic (exact) mass is 488 g/mol. The summed E-state index contributed by atoms with van der Waals surface area (Å²) in [5.41, 5.74) is 7.26. The standard InChI is InChI=1S/C21H28BNO2.C8H9NO2/c1-14-16(17-11-9-13-19(23-7)15(17)2)10-8-12-18(14)22-24-20(3,4)21(5,6)25-22;1-7(5-10)3-4-8(6-11)9-2/h8-13,23H,1-7H3;3-6H,2H2,1H3/b;7-3+,8-4-. The zero-order chi connectivity index (χ0) is 27.1. The molecule has 0 radical (unpaired) electrons. The molecule has 1 aliphatic rings. The Balaban J connectivity index is 0.000000352. The highest BCUT2D eigenvalue weighted by Crippen LogP contribution is 2.37. The van der Waals surface area contributed by atoms with Gasteiger partial charge in [0.05, 0.1) is 11.2 Å². The highest BCUT2D eigenvalue weighted by Gasteiger charge is 2.52. The van der Waals surface area contributed by atoms with E-state index in [9.17, 15) is 9.59 Å². The van der Waals surface area contributed by atoms with E-state index in [0.717, 1.165) is 11.2 Å². The van der Waals surface area contributed by atoms with Gasteiger partial charge in [-0.3, -0.25) is 14.6 Å². The molecular formula is C29H37BN2O4. The summed E-state index contributed by atoms with van der Waals surface area (Å²) in [7, 11) is 1.62. The van der Waals surface area contributed by atoms with Crippen molar-refractivity contribution in [3.8, 4) is 11.1 Å². The number of carbonyl (C=O) groups is 2. The second kappa shape index (κ2) is 12.1. The zero-order valence-corrected chi connectivity index (χ0v) is 22.6. The Kier molecular flexibility index (Phi) is 9.73. The Bertz CT molecular complexity index is 1160. The van der Waals surface area contributed by atoms with Gasteiger partial charge in [0.25, 0.3) is 0 Å². The molecule has 1 fully saturated rings. The topological polar surface area (TPSA) is 77.0 Å². The van der Waals surface area contributed by atoms with Crippen LogP contribution in [0, 0.1) is 13.8 Å². The summed E-state index contributed by atoms with van der Waals surface area (Å²) in [5.74, 6) is 0. The number of hydrogen-bond acceptors (Lipinski definition) is 6. The number of nitrogens with zero attached hydrogens (tertiary/aromatic N) is 1. The molecule has 0 bridgehead atoms. The highest BCUT2D eigenvalue weighted by atomic mass is 16.7. The maximum Gasteiger partial charge on any atom is 0.495 e. The Morgan fingerprint density at radius 2 is 1.47 bits per heavy atom. The van der Waals surface area contributed by atoms with Crippen LogP contribution in [-0.4, -0.2) is 44.7 Å². The lowest BCUT2D eigenvalue weighted by atomic mass is 9.74. The molecule has 6 nitrogen and oxygen atoms in total. The molecule has 0 aliphatic carbocycles. The lowest BCUT2D eigenvalue weighted by Crippen LogP contribution is -2.41. The molecule has 3 rings (SSSR count). The van der Waals surface area contributed by atoms with Crippen molar-refractivity contribution in [2.24, 2.45) is 4.99 Å². The third-order valence-corrected chi connectivity index (χ3v) is 6.78. The van der Waals surface area contributed by atoms with Gasteiger partial charge in [-0.1, -0.05) is 36.4 Å². The summed E-state index contributed by atoms with van der Waals surface area (Å²) < 4.78 is 12.5. The Labute approximate surface area is 215 Å². The molecule has 0 aromatic heterocycles. The first-order chi connectivity index (χ1) is 16.9. The molecular weight excluding hydrogens is 451 g/mol. The average Bonchev–Trinajstić information content (AvgIpc) is 3.07. The molecule has 190 valence electrons. The lowest BCUT2D eigenvalue weighted by Gasteiger charge is -2.32. The van der Waals surface area contributed by atoms with Gasteiger partial charge in [-0.05, 0) is 101 Å². The second-order valence-electron chi connectivity index (χ2n) is 9.73. The van der Waals surface area contributed by atoms with Crippen molar-refractivity contribution in [2.45, 2.75) is 59.7 Å². The van der Waals surface area contributed by atoms with Crippen LogP contribution in [0.1, 0.15) is 45.7 Å². The zero-order valence-electron chi connectivity index (χ0n) is 22.6. The van der Waals surface area contributed by atoms with E-state index in [2.05, 4.69) is 95.0 Å². The van der Waals surface area contributed by atoms with Crippen LogP contribution in [0.5, 0.6) is 0 Å². The summed E-state index contributed by atoms with van der Waals surface area (Å²) in [5, 5.41) is 3.27. The van der Waals surface area contributed by atoms with Crippen LogP contribution >= 0.6 is 0 Å². The molecule has 36 heavy (non-hydrogen) atoms. The van der Waals surface area contributed by atoms with E-state index < -0.39 is 0 Å². The summed E-state index contributed by atoms with van der Waals surface area (Å²) in [6.07, 6.45) is 4.21. The van der Waals surface area contributed by atoms with Crippen LogP contribution in [0.15, 0.2) is 64.8 Å². The van der Waals surface area contributed by atoms with E-state index in [1.165, 1.54) is 34.4 Å². The molecule has 0 amide bonds. The number of rotatable bonds is 7. The van der Waals surface area contributed by atoms with Crippen molar-refractivity contribution in [1.82, 2.24) is 0 Å². The molecule has 0 atom stereocenters. The summed E-state index contributed by atoms with van der Waals surface area (Å²) in [6, 6.07) is 12.7. The number of allylic oxidation sites excluding steroid dienone is 4. The maximum absolute atomic E-state index is 10.1. The first-order valence-corrected chi connectivity index (χ1v) is 11.9. The van der Waals surface area contributed by atoms with Gasteiger partial charge in [-0.25, -0.2) is 0 Å². The first kappa shape index (κ1) is 28.9. The van der Waals surface area contributed by atoms with E-state index in [1.807, 2.05) is 7.05 Å². The number of nitrogens with one attached hydrogen (secondary N) is 1. The lowest BCUT2D eigenvalue weighted by molar-refractivity contribution is -0.105. The van der Waals surface area contributed by atoms with Crippen LogP contribution in [-0.2, 0) is 18.9 Å². The maximum atomic E-state index is 10.1. The van der Waals surface area contributed by atoms with Gasteiger partial charge in [0.15, 0.2) is 6.29 Å². The average molecular weight is 488 g/mol. The van der Waals surface area contributed by atoms with Crippen LogP contribution in [0.4, 0.5) is 5.69 Å². The predicted octanol–water partition coefficient (Wildman–Crippen LogP) is 5.23. The SMILES string of the molecule is C=N/C(C=O)=C\C=C(/C)C=O.CNc1cccc(-c2cccc(B3OC(C)(C)C(C)(C)O3)c2C)c1C. The van der Waals surface area contributed by atoms with Crippen molar-refractivity contribution >= 4 is 37.6 Å². The Hall–Kier alpha value is -3.29. The molecule has 2 aromatic rings. The molecule has 0 saturated carbocycles. The summed E-state index contributed by atoms with van der Waals surface area (Å²) in [4.78, 5) is 23.6. The van der Waals surface area contributed by atoms with Crippen molar-refractivity contribution in [2.75, 3.05) is 12.4 Å². The quantitative estimate of drug-likeness (QED) is 0.190. The Morgan fingerprint density at radius 1 is 0.917 bits per heavy atom. The normalized spacial score (nSPS) is 16.6. The molecule has 0 spiro atoms. The number of aldehydes is 2. The molecule has 2 aromatic carbocycles. The third kappa shape index (κ3) is 6.48. The fourth-order valence-corrected chi connectivity index (χ4v) is 3.75. The van der Waals surface area contributed by atoms with Crippen LogP contribution in [0.25, 0.3) is 11.1 Å². The van der Waals surface area contributed by atoms with Crippen LogP contribution in [0.3, 0.4) is 0 Å². The van der Waals surface area contributed by atoms with E-state index in [0.29, 0.717) is 18.1 Å². The number of aliphatic imine (C=N–C) groups is 1. The van der Waals surface area contributed by atoms with Gasteiger partial charge < -0.3 is 14.6 Å². The van der Waals surface area contributed by atoms with Crippen molar-refractivity contribution in [3.05, 3.63) is 70.9 Å². The van der Waals surface area contributed by atoms with Gasteiger partial charge in [-0.2, -0.15) is 0 Å². The smallest absolute Gasteiger partial charge is 0.399 e. The fourth-order valence-electron chi connectivity index (χ4n) is 3.75. The van der Waals surface area contributed by atoms with Crippen molar-refractivity contribution in [3.63, 3.8) is 0 Å². The minimum Gasteiger partial charge on any atom is -0.399 e.